The summed E-state index contributed by atoms with van der Waals surface area (Å²) >= 11 is 0. The number of hydrogen-bond acceptors (Lipinski definition) is 5. The van der Waals surface area contributed by atoms with Crippen molar-refractivity contribution < 1.29 is 9.53 Å². The Balaban J connectivity index is 1.16. The van der Waals surface area contributed by atoms with Crippen LogP contribution in [0.1, 0.15) is 61.5 Å². The van der Waals surface area contributed by atoms with Gasteiger partial charge in [0.25, 0.3) is 5.91 Å². The third-order valence-electron chi connectivity index (χ3n) is 7.81. The van der Waals surface area contributed by atoms with Crippen molar-refractivity contribution in [1.82, 2.24) is 10.3 Å². The predicted octanol–water partition coefficient (Wildman–Crippen LogP) is 6.12. The van der Waals surface area contributed by atoms with Crippen LogP contribution in [0.25, 0.3) is 21.9 Å². The van der Waals surface area contributed by atoms with Gasteiger partial charge in [0.1, 0.15) is 18.0 Å². The quantitative estimate of drug-likeness (QED) is 0.305. The molecule has 2 bridgehead atoms. The Morgan fingerprint density at radius 1 is 0.949 bits per heavy atom. The number of aromatic nitrogens is 1. The molecule has 2 atom stereocenters. The Kier molecular flexibility index (Phi) is 5.22. The average Bonchev–Trinajstić information content (AvgIpc) is 3.53. The number of ether oxygens (including phenoxy) is 1. The zero-order valence-electron chi connectivity index (χ0n) is 21.2. The molecule has 188 valence electrons. The van der Waals surface area contributed by atoms with Gasteiger partial charge in [0, 0.05) is 23.7 Å². The van der Waals surface area contributed by atoms with Gasteiger partial charge in [-0.2, -0.15) is 5.26 Å². The lowest BCUT2D eigenvalue weighted by Gasteiger charge is -2.18. The van der Waals surface area contributed by atoms with Crippen molar-refractivity contribution in [2.75, 3.05) is 5.73 Å². The van der Waals surface area contributed by atoms with Gasteiger partial charge in [-0.1, -0.05) is 48.5 Å². The fourth-order valence-corrected chi connectivity index (χ4v) is 5.88. The van der Waals surface area contributed by atoms with E-state index in [9.17, 15) is 10.1 Å². The highest BCUT2D eigenvalue weighted by Crippen LogP contribution is 2.55. The number of rotatable bonds is 4. The highest BCUT2D eigenvalue weighted by Gasteiger charge is 2.43. The molecule has 6 nitrogen and oxygen atoms in total. The molecule has 6 heteroatoms. The molecule has 0 saturated heterocycles. The first-order valence-electron chi connectivity index (χ1n) is 12.9. The lowest BCUT2D eigenvalue weighted by Crippen LogP contribution is -2.23. The van der Waals surface area contributed by atoms with E-state index in [1.165, 1.54) is 0 Å². The molecule has 0 unspecified atom stereocenters. The molecular formula is C33H24N4O2. The summed E-state index contributed by atoms with van der Waals surface area (Å²) in [5, 5.41) is 14.6. The zero-order chi connectivity index (χ0) is 26.7. The molecule has 0 spiro atoms. The van der Waals surface area contributed by atoms with Crippen molar-refractivity contribution in [2.45, 2.75) is 25.7 Å². The minimum Gasteiger partial charge on any atom is -0.383 e. The number of anilines is 1. The number of nitrogen functional groups attached to an aromatic ring is 1. The van der Waals surface area contributed by atoms with Crippen molar-refractivity contribution >= 4 is 22.5 Å². The van der Waals surface area contributed by atoms with Crippen molar-refractivity contribution in [2.24, 2.45) is 0 Å². The first-order valence-corrected chi connectivity index (χ1v) is 12.9. The predicted molar refractivity (Wildman–Crippen MR) is 150 cm³/mol. The summed E-state index contributed by atoms with van der Waals surface area (Å²) in [6.07, 6.45) is 1.30. The van der Waals surface area contributed by atoms with Gasteiger partial charge in [0.2, 0.25) is 0 Å². The summed E-state index contributed by atoms with van der Waals surface area (Å²) in [4.78, 5) is 17.3. The van der Waals surface area contributed by atoms with E-state index in [0.29, 0.717) is 23.5 Å². The van der Waals surface area contributed by atoms with E-state index < -0.39 is 0 Å². The molecule has 3 heterocycles. The Bertz CT molecular complexity index is 1870. The van der Waals surface area contributed by atoms with Crippen LogP contribution in [0.4, 0.5) is 5.82 Å². The van der Waals surface area contributed by atoms with E-state index in [0.717, 1.165) is 55.3 Å². The van der Waals surface area contributed by atoms with Gasteiger partial charge in [0.15, 0.2) is 0 Å². The van der Waals surface area contributed by atoms with Crippen molar-refractivity contribution in [3.63, 3.8) is 0 Å². The van der Waals surface area contributed by atoms with Crippen LogP contribution in [-0.4, -0.2) is 10.9 Å². The minimum atomic E-state index is -0.239. The van der Waals surface area contributed by atoms with Crippen LogP contribution in [-0.2, 0) is 11.3 Å². The SMILES string of the molecule is Cc1ccc(-c2ccc3c(c2)[C@H]2O[C@@H]3c3ccc(C(=O)NCc4cccc5c(N)nccc45)cc32)c(C#N)c1. The molecule has 0 radical (unpaired) electrons. The first kappa shape index (κ1) is 23.2. The summed E-state index contributed by atoms with van der Waals surface area (Å²) in [7, 11) is 0. The maximum atomic E-state index is 13.2. The molecule has 1 aromatic heterocycles. The molecule has 0 fully saturated rings. The standard InChI is InChI=1S/C33H24N4O2/c1-18-5-8-23(22(13-18)16-34)19-6-9-25-28(14-19)31-29-15-20(7-10-26(29)30(25)39-31)33(38)37-17-21-3-2-4-27-24(21)11-12-36-32(27)35/h2-15,30-31H,17H2,1H3,(H2,35,36)(H,37,38)/t30-,31+/m0/s1. The molecule has 5 aromatic rings. The van der Waals surface area contributed by atoms with Crippen molar-refractivity contribution in [3.8, 4) is 17.2 Å². The van der Waals surface area contributed by atoms with E-state index >= 15 is 0 Å². The van der Waals surface area contributed by atoms with E-state index in [-0.39, 0.29) is 18.1 Å². The van der Waals surface area contributed by atoms with Crippen LogP contribution >= 0.6 is 0 Å². The van der Waals surface area contributed by atoms with Crippen molar-refractivity contribution in [3.05, 3.63) is 130 Å². The highest BCUT2D eigenvalue weighted by atomic mass is 16.5. The maximum Gasteiger partial charge on any atom is 0.251 e. The molecule has 39 heavy (non-hydrogen) atoms. The van der Waals surface area contributed by atoms with Gasteiger partial charge in [-0.3, -0.25) is 4.79 Å². The third-order valence-corrected chi connectivity index (χ3v) is 7.81. The molecule has 0 aliphatic carbocycles. The summed E-state index contributed by atoms with van der Waals surface area (Å²) in [6, 6.07) is 28.1. The molecule has 7 rings (SSSR count). The second kappa shape index (κ2) is 8.80. The molecule has 1 amide bonds. The molecule has 0 saturated carbocycles. The van der Waals surface area contributed by atoms with Gasteiger partial charge < -0.3 is 15.8 Å². The van der Waals surface area contributed by atoms with E-state index in [4.69, 9.17) is 10.5 Å². The summed E-state index contributed by atoms with van der Waals surface area (Å²) < 4.78 is 6.39. The van der Waals surface area contributed by atoms with Crippen LogP contribution in [0.2, 0.25) is 0 Å². The smallest absolute Gasteiger partial charge is 0.251 e. The number of aryl methyl sites for hydroxylation is 1. The molecule has 4 aromatic carbocycles. The summed E-state index contributed by atoms with van der Waals surface area (Å²) in [5.74, 6) is 0.330. The number of amides is 1. The fourth-order valence-electron chi connectivity index (χ4n) is 5.88. The largest absolute Gasteiger partial charge is 0.383 e. The second-order valence-electron chi connectivity index (χ2n) is 10.1. The number of benzene rings is 4. The Labute approximate surface area is 225 Å². The zero-order valence-corrected chi connectivity index (χ0v) is 21.2. The van der Waals surface area contributed by atoms with Crippen LogP contribution in [0.3, 0.4) is 0 Å². The van der Waals surface area contributed by atoms with Gasteiger partial charge in [-0.25, -0.2) is 4.98 Å². The number of nitrogens with zero attached hydrogens (tertiary/aromatic N) is 2. The minimum absolute atomic E-state index is 0.144. The Morgan fingerprint density at radius 3 is 2.59 bits per heavy atom. The molecule has 3 N–H and O–H groups in total. The van der Waals surface area contributed by atoms with Gasteiger partial charge >= 0.3 is 0 Å². The topological polar surface area (TPSA) is 101 Å². The number of carbonyl (C=O) groups excluding carboxylic acids is 1. The number of nitrogens with one attached hydrogen (secondary N) is 1. The Hall–Kier alpha value is -4.99. The van der Waals surface area contributed by atoms with Crippen LogP contribution in [0.15, 0.2) is 85.1 Å². The number of fused-ring (bicyclic) bond motifs is 9. The van der Waals surface area contributed by atoms with Crippen LogP contribution in [0.5, 0.6) is 0 Å². The average molecular weight is 509 g/mol. The lowest BCUT2D eigenvalue weighted by molar-refractivity contribution is 0.0857. The normalized spacial score (nSPS) is 16.5. The Morgan fingerprint density at radius 2 is 1.74 bits per heavy atom. The first-order chi connectivity index (χ1) is 19.0. The van der Waals surface area contributed by atoms with Crippen molar-refractivity contribution in [1.29, 1.82) is 5.26 Å². The van der Waals surface area contributed by atoms with Crippen LogP contribution < -0.4 is 11.1 Å². The molecule has 2 aliphatic rings. The highest BCUT2D eigenvalue weighted by molar-refractivity contribution is 5.96. The number of nitrogens with two attached hydrogens (primary N) is 1. The second-order valence-corrected chi connectivity index (χ2v) is 10.1. The van der Waals surface area contributed by atoms with Gasteiger partial charge in [0.05, 0.1) is 11.6 Å². The van der Waals surface area contributed by atoms with E-state index in [2.05, 4.69) is 34.6 Å². The maximum absolute atomic E-state index is 13.2. The van der Waals surface area contributed by atoms with Gasteiger partial charge in [-0.05, 0) is 87.1 Å². The third kappa shape index (κ3) is 3.67. The molecule has 2 aliphatic heterocycles. The number of nitriles is 1. The summed E-state index contributed by atoms with van der Waals surface area (Å²) in [5.41, 5.74) is 15.6. The number of pyridine rings is 1. The number of hydrogen-bond donors (Lipinski definition) is 2. The van der Waals surface area contributed by atoms with E-state index in [1.807, 2.05) is 67.6 Å². The lowest BCUT2D eigenvalue weighted by atomic mass is 9.83. The van der Waals surface area contributed by atoms with Gasteiger partial charge in [-0.15, -0.1) is 0 Å². The monoisotopic (exact) mass is 508 g/mol. The summed E-state index contributed by atoms with van der Waals surface area (Å²) in [6.45, 7) is 2.36. The van der Waals surface area contributed by atoms with Crippen LogP contribution in [0, 0.1) is 18.3 Å². The fraction of sp³-hybridized carbons (Fsp3) is 0.121. The molecular weight excluding hydrogens is 484 g/mol. The number of carbonyl (C=O) groups is 1. The van der Waals surface area contributed by atoms with E-state index in [1.54, 1.807) is 6.20 Å².